The van der Waals surface area contributed by atoms with E-state index in [9.17, 15) is 19.2 Å². The summed E-state index contributed by atoms with van der Waals surface area (Å²) in [7, 11) is 0. The number of hydrogen-bond acceptors (Lipinski definition) is 4. The Bertz CT molecular complexity index is 642. The van der Waals surface area contributed by atoms with Crippen LogP contribution in [0.1, 0.15) is 25.8 Å². The number of hydrogen-bond donors (Lipinski definition) is 1. The zero-order valence-electron chi connectivity index (χ0n) is 13.8. The molecule has 5 amide bonds. The third kappa shape index (κ3) is 3.98. The topological polar surface area (TPSA) is 86.8 Å². The van der Waals surface area contributed by atoms with Gasteiger partial charge in [-0.25, -0.2) is 9.69 Å². The van der Waals surface area contributed by atoms with Crippen molar-refractivity contribution >= 4 is 23.8 Å². The minimum atomic E-state index is -0.951. The summed E-state index contributed by atoms with van der Waals surface area (Å²) in [5, 5.41) is 2.66. The quantitative estimate of drug-likeness (QED) is 0.457. The SMILES string of the molecule is CC(C)N1C(=O)C(=O)N(CC(=O)NCCCc2ccccc2)C1=O. The van der Waals surface area contributed by atoms with Gasteiger partial charge in [-0.15, -0.1) is 0 Å². The number of benzene rings is 1. The fraction of sp³-hybridized carbons (Fsp3) is 0.412. The maximum Gasteiger partial charge on any atom is 0.334 e. The molecule has 128 valence electrons. The summed E-state index contributed by atoms with van der Waals surface area (Å²) in [6, 6.07) is 8.71. The molecule has 0 saturated carbocycles. The standard InChI is InChI=1S/C17H21N3O4/c1-12(2)20-16(23)15(22)19(17(20)24)11-14(21)18-10-6-9-13-7-4-3-5-8-13/h3-5,7-8,12H,6,9-11H2,1-2H3,(H,18,21). The van der Waals surface area contributed by atoms with E-state index in [1.54, 1.807) is 13.8 Å². The van der Waals surface area contributed by atoms with Gasteiger partial charge in [0.1, 0.15) is 6.54 Å². The van der Waals surface area contributed by atoms with E-state index in [1.807, 2.05) is 30.3 Å². The lowest BCUT2D eigenvalue weighted by Crippen LogP contribution is -2.42. The molecular weight excluding hydrogens is 310 g/mol. The average Bonchev–Trinajstić information content (AvgIpc) is 2.76. The largest absolute Gasteiger partial charge is 0.355 e. The Balaban J connectivity index is 1.79. The first-order chi connectivity index (χ1) is 11.4. The van der Waals surface area contributed by atoms with E-state index < -0.39 is 36.3 Å². The first-order valence-electron chi connectivity index (χ1n) is 7.91. The van der Waals surface area contributed by atoms with Crippen LogP contribution in [0.15, 0.2) is 30.3 Å². The lowest BCUT2D eigenvalue weighted by atomic mass is 10.1. The number of aryl methyl sites for hydroxylation is 1. The Labute approximate surface area is 140 Å². The number of rotatable bonds is 7. The van der Waals surface area contributed by atoms with Crippen LogP contribution in [-0.2, 0) is 20.8 Å². The van der Waals surface area contributed by atoms with Crippen molar-refractivity contribution in [2.45, 2.75) is 32.7 Å². The van der Waals surface area contributed by atoms with Crippen LogP contribution in [0, 0.1) is 0 Å². The summed E-state index contributed by atoms with van der Waals surface area (Å²) < 4.78 is 0. The van der Waals surface area contributed by atoms with Crippen LogP contribution in [0.25, 0.3) is 0 Å². The molecule has 0 aromatic heterocycles. The molecular formula is C17H21N3O4. The first-order valence-corrected chi connectivity index (χ1v) is 7.91. The van der Waals surface area contributed by atoms with E-state index in [4.69, 9.17) is 0 Å². The Morgan fingerprint density at radius 2 is 1.75 bits per heavy atom. The predicted molar refractivity (Wildman–Crippen MR) is 86.9 cm³/mol. The number of carbonyl (C=O) groups is 4. The van der Waals surface area contributed by atoms with Crippen LogP contribution in [0.4, 0.5) is 4.79 Å². The zero-order chi connectivity index (χ0) is 17.7. The van der Waals surface area contributed by atoms with Gasteiger partial charge in [-0.1, -0.05) is 30.3 Å². The molecule has 1 aromatic carbocycles. The molecule has 7 nitrogen and oxygen atoms in total. The Hall–Kier alpha value is -2.70. The molecule has 1 saturated heterocycles. The van der Waals surface area contributed by atoms with E-state index in [0.717, 1.165) is 17.7 Å². The maximum atomic E-state index is 12.0. The number of imide groups is 2. The van der Waals surface area contributed by atoms with Gasteiger partial charge in [0.05, 0.1) is 0 Å². The van der Waals surface area contributed by atoms with Crippen molar-refractivity contribution in [3.05, 3.63) is 35.9 Å². The highest BCUT2D eigenvalue weighted by Crippen LogP contribution is 2.14. The number of amides is 5. The van der Waals surface area contributed by atoms with Gasteiger partial charge in [-0.05, 0) is 32.3 Å². The molecule has 0 unspecified atom stereocenters. The van der Waals surface area contributed by atoms with Crippen LogP contribution in [0.2, 0.25) is 0 Å². The van der Waals surface area contributed by atoms with Gasteiger partial charge in [-0.3, -0.25) is 19.3 Å². The maximum absolute atomic E-state index is 12.0. The predicted octanol–water partition coefficient (Wildman–Crippen LogP) is 0.935. The second kappa shape index (κ2) is 7.72. The lowest BCUT2D eigenvalue weighted by Gasteiger charge is -2.18. The lowest BCUT2D eigenvalue weighted by molar-refractivity contribution is -0.144. The number of nitrogens with zero attached hydrogens (tertiary/aromatic N) is 2. The highest BCUT2D eigenvalue weighted by Gasteiger charge is 2.46. The summed E-state index contributed by atoms with van der Waals surface area (Å²) in [5.41, 5.74) is 1.18. The van der Waals surface area contributed by atoms with E-state index in [0.29, 0.717) is 11.4 Å². The van der Waals surface area contributed by atoms with Crippen molar-refractivity contribution in [1.29, 1.82) is 0 Å². The van der Waals surface area contributed by atoms with Gasteiger partial charge < -0.3 is 5.32 Å². The van der Waals surface area contributed by atoms with Crippen molar-refractivity contribution in [3.8, 4) is 0 Å². The minimum absolute atomic E-state index is 0.423. The molecule has 2 rings (SSSR count). The van der Waals surface area contributed by atoms with Crippen LogP contribution < -0.4 is 5.32 Å². The molecule has 1 N–H and O–H groups in total. The monoisotopic (exact) mass is 331 g/mol. The van der Waals surface area contributed by atoms with E-state index >= 15 is 0 Å². The highest BCUT2D eigenvalue weighted by atomic mass is 16.2. The second-order valence-corrected chi connectivity index (χ2v) is 5.88. The molecule has 0 aliphatic carbocycles. The summed E-state index contributed by atoms with van der Waals surface area (Å²) in [6.07, 6.45) is 1.57. The molecule has 1 fully saturated rings. The van der Waals surface area contributed by atoms with E-state index in [-0.39, 0.29) is 0 Å². The Morgan fingerprint density at radius 1 is 1.08 bits per heavy atom. The molecule has 1 heterocycles. The molecule has 24 heavy (non-hydrogen) atoms. The van der Waals surface area contributed by atoms with E-state index in [1.165, 1.54) is 5.56 Å². The van der Waals surface area contributed by atoms with Gasteiger partial charge in [-0.2, -0.15) is 0 Å². The summed E-state index contributed by atoms with van der Waals surface area (Å²) in [5.74, 6) is -2.29. The average molecular weight is 331 g/mol. The van der Waals surface area contributed by atoms with Crippen molar-refractivity contribution < 1.29 is 19.2 Å². The van der Waals surface area contributed by atoms with Gasteiger partial charge in [0, 0.05) is 12.6 Å². The van der Waals surface area contributed by atoms with Crippen LogP contribution in [0.3, 0.4) is 0 Å². The summed E-state index contributed by atoms with van der Waals surface area (Å²) in [6.45, 7) is 3.27. The van der Waals surface area contributed by atoms with Crippen molar-refractivity contribution in [1.82, 2.24) is 15.1 Å². The second-order valence-electron chi connectivity index (χ2n) is 5.88. The van der Waals surface area contributed by atoms with Crippen LogP contribution >= 0.6 is 0 Å². The van der Waals surface area contributed by atoms with Crippen LogP contribution in [0.5, 0.6) is 0 Å². The summed E-state index contributed by atoms with van der Waals surface area (Å²) in [4.78, 5) is 49.1. The molecule has 1 aliphatic rings. The first kappa shape index (κ1) is 17.7. The molecule has 1 aromatic rings. The third-order valence-electron chi connectivity index (χ3n) is 3.71. The number of nitrogens with one attached hydrogen (secondary N) is 1. The fourth-order valence-electron chi connectivity index (χ4n) is 2.48. The van der Waals surface area contributed by atoms with E-state index in [2.05, 4.69) is 5.32 Å². The number of carbonyl (C=O) groups excluding carboxylic acids is 4. The molecule has 0 atom stereocenters. The van der Waals surface area contributed by atoms with Gasteiger partial charge in [0.2, 0.25) is 5.91 Å². The van der Waals surface area contributed by atoms with Gasteiger partial charge in [0.25, 0.3) is 0 Å². The van der Waals surface area contributed by atoms with Crippen molar-refractivity contribution in [2.75, 3.05) is 13.1 Å². The highest BCUT2D eigenvalue weighted by molar-refractivity contribution is 6.45. The summed E-state index contributed by atoms with van der Waals surface area (Å²) >= 11 is 0. The zero-order valence-corrected chi connectivity index (χ0v) is 13.8. The smallest absolute Gasteiger partial charge is 0.334 e. The molecule has 1 aliphatic heterocycles. The van der Waals surface area contributed by atoms with Crippen molar-refractivity contribution in [3.63, 3.8) is 0 Å². The molecule has 0 bridgehead atoms. The molecule has 7 heteroatoms. The fourth-order valence-corrected chi connectivity index (χ4v) is 2.48. The minimum Gasteiger partial charge on any atom is -0.355 e. The van der Waals surface area contributed by atoms with Crippen LogP contribution in [-0.4, -0.2) is 52.7 Å². The third-order valence-corrected chi connectivity index (χ3v) is 3.71. The Kier molecular flexibility index (Phi) is 5.68. The molecule has 0 spiro atoms. The molecule has 0 radical (unpaired) electrons. The van der Waals surface area contributed by atoms with Crippen molar-refractivity contribution in [2.24, 2.45) is 0 Å². The number of urea groups is 1. The Morgan fingerprint density at radius 3 is 2.33 bits per heavy atom. The van der Waals surface area contributed by atoms with Gasteiger partial charge >= 0.3 is 17.8 Å². The van der Waals surface area contributed by atoms with Gasteiger partial charge in [0.15, 0.2) is 0 Å². The normalized spacial score (nSPS) is 14.7.